The average molecular weight is 248 g/mol. The molecule has 98 valence electrons. The Morgan fingerprint density at radius 2 is 2.17 bits per heavy atom. The lowest BCUT2D eigenvalue weighted by molar-refractivity contribution is 0.0948. The second kappa shape index (κ2) is 5.76. The van der Waals surface area contributed by atoms with Gasteiger partial charge in [-0.05, 0) is 44.7 Å². The van der Waals surface area contributed by atoms with E-state index in [-0.39, 0.29) is 12.0 Å². The minimum absolute atomic E-state index is 0.106. The summed E-state index contributed by atoms with van der Waals surface area (Å²) in [6.07, 6.45) is 4.74. The van der Waals surface area contributed by atoms with Crippen LogP contribution in [-0.2, 0) is 0 Å². The maximum atomic E-state index is 11.9. The van der Waals surface area contributed by atoms with Crippen molar-refractivity contribution in [3.05, 3.63) is 23.8 Å². The third kappa shape index (κ3) is 2.94. The van der Waals surface area contributed by atoms with Crippen LogP contribution in [0.1, 0.15) is 43.0 Å². The zero-order chi connectivity index (χ0) is 13.0. The van der Waals surface area contributed by atoms with Crippen molar-refractivity contribution in [1.82, 2.24) is 5.32 Å². The molecule has 0 saturated heterocycles. The van der Waals surface area contributed by atoms with E-state index in [0.717, 1.165) is 12.8 Å². The molecule has 1 aromatic carbocycles. The minimum atomic E-state index is -0.106. The monoisotopic (exact) mass is 248 g/mol. The summed E-state index contributed by atoms with van der Waals surface area (Å²) in [7, 11) is 0. The molecule has 1 aliphatic rings. The van der Waals surface area contributed by atoms with Gasteiger partial charge in [0.25, 0.3) is 5.91 Å². The fourth-order valence-corrected chi connectivity index (χ4v) is 2.27. The van der Waals surface area contributed by atoms with E-state index < -0.39 is 0 Å². The van der Waals surface area contributed by atoms with Gasteiger partial charge in [-0.1, -0.05) is 0 Å². The topological polar surface area (TPSA) is 64.4 Å². The lowest BCUT2D eigenvalue weighted by Crippen LogP contribution is -2.24. The number of hydrogen-bond acceptors (Lipinski definition) is 3. The summed E-state index contributed by atoms with van der Waals surface area (Å²) in [6.45, 7) is 2.50. The molecule has 4 nitrogen and oxygen atoms in total. The summed E-state index contributed by atoms with van der Waals surface area (Å²) in [5.74, 6) is 0.498. The molecular formula is C14H20N2O2. The zero-order valence-corrected chi connectivity index (χ0v) is 10.7. The molecule has 0 aliphatic heterocycles. The van der Waals surface area contributed by atoms with E-state index in [1.165, 1.54) is 12.8 Å². The number of hydrogen-bond donors (Lipinski definition) is 2. The van der Waals surface area contributed by atoms with E-state index in [1.54, 1.807) is 18.2 Å². The van der Waals surface area contributed by atoms with Crippen LogP contribution in [0.4, 0.5) is 5.69 Å². The van der Waals surface area contributed by atoms with Gasteiger partial charge in [-0.3, -0.25) is 4.79 Å². The Labute approximate surface area is 108 Å². The second-order valence-electron chi connectivity index (χ2n) is 4.64. The van der Waals surface area contributed by atoms with Crippen molar-refractivity contribution in [2.24, 2.45) is 0 Å². The number of benzene rings is 1. The zero-order valence-electron chi connectivity index (χ0n) is 10.7. The van der Waals surface area contributed by atoms with Crippen LogP contribution in [0.2, 0.25) is 0 Å². The van der Waals surface area contributed by atoms with Crippen molar-refractivity contribution in [2.45, 2.75) is 38.7 Å². The van der Waals surface area contributed by atoms with E-state index >= 15 is 0 Å². The van der Waals surface area contributed by atoms with Crippen LogP contribution >= 0.6 is 0 Å². The van der Waals surface area contributed by atoms with Crippen molar-refractivity contribution in [1.29, 1.82) is 0 Å². The van der Waals surface area contributed by atoms with Gasteiger partial charge in [0.15, 0.2) is 0 Å². The number of rotatable bonds is 4. The number of nitrogens with one attached hydrogen (secondary N) is 1. The van der Waals surface area contributed by atoms with Gasteiger partial charge in [-0.25, -0.2) is 0 Å². The lowest BCUT2D eigenvalue weighted by Gasteiger charge is -2.16. The van der Waals surface area contributed by atoms with Gasteiger partial charge < -0.3 is 15.8 Å². The van der Waals surface area contributed by atoms with Crippen LogP contribution in [-0.4, -0.2) is 18.6 Å². The Hall–Kier alpha value is -1.71. The van der Waals surface area contributed by atoms with Crippen molar-refractivity contribution < 1.29 is 9.53 Å². The summed E-state index contributed by atoms with van der Waals surface area (Å²) >= 11 is 0. The number of carbonyl (C=O) groups is 1. The first-order chi connectivity index (χ1) is 8.70. The molecule has 0 aromatic heterocycles. The molecule has 0 atom stereocenters. The molecule has 0 unspecified atom stereocenters. The minimum Gasteiger partial charge on any atom is -0.490 e. The highest BCUT2D eigenvalue weighted by atomic mass is 16.5. The fraction of sp³-hybridized carbons (Fsp3) is 0.500. The standard InChI is InChI=1S/C14H20N2O2/c1-2-16-14(17)12-8-7-10(15)9-13(12)18-11-5-3-4-6-11/h7-9,11H,2-6,15H2,1H3,(H,16,17). The normalized spacial score (nSPS) is 15.6. The summed E-state index contributed by atoms with van der Waals surface area (Å²) in [4.78, 5) is 11.9. The molecule has 0 spiro atoms. The molecular weight excluding hydrogens is 228 g/mol. The highest BCUT2D eigenvalue weighted by Gasteiger charge is 2.20. The van der Waals surface area contributed by atoms with Gasteiger partial charge in [0.1, 0.15) is 5.75 Å². The number of ether oxygens (including phenoxy) is 1. The number of nitrogen functional groups attached to an aromatic ring is 1. The van der Waals surface area contributed by atoms with Crippen LogP contribution in [0, 0.1) is 0 Å². The highest BCUT2D eigenvalue weighted by molar-refractivity contribution is 5.97. The van der Waals surface area contributed by atoms with E-state index in [4.69, 9.17) is 10.5 Å². The maximum absolute atomic E-state index is 11.9. The Kier molecular flexibility index (Phi) is 4.07. The summed E-state index contributed by atoms with van der Waals surface area (Å²) in [5, 5.41) is 2.79. The van der Waals surface area contributed by atoms with Gasteiger partial charge in [-0.15, -0.1) is 0 Å². The quantitative estimate of drug-likeness (QED) is 0.804. The molecule has 1 fully saturated rings. The van der Waals surface area contributed by atoms with Crippen LogP contribution in [0.5, 0.6) is 5.75 Å². The molecule has 0 heterocycles. The van der Waals surface area contributed by atoms with Crippen LogP contribution in [0.25, 0.3) is 0 Å². The van der Waals surface area contributed by atoms with Crippen LogP contribution in [0.3, 0.4) is 0 Å². The molecule has 0 bridgehead atoms. The van der Waals surface area contributed by atoms with E-state index in [1.807, 2.05) is 6.92 Å². The van der Waals surface area contributed by atoms with E-state index in [0.29, 0.717) is 23.5 Å². The van der Waals surface area contributed by atoms with Gasteiger partial charge >= 0.3 is 0 Å². The Balaban J connectivity index is 2.19. The molecule has 2 rings (SSSR count). The molecule has 1 amide bonds. The fourth-order valence-electron chi connectivity index (χ4n) is 2.27. The van der Waals surface area contributed by atoms with Crippen molar-refractivity contribution >= 4 is 11.6 Å². The Morgan fingerprint density at radius 1 is 1.44 bits per heavy atom. The van der Waals surface area contributed by atoms with Crippen LogP contribution < -0.4 is 15.8 Å². The molecule has 4 heteroatoms. The largest absolute Gasteiger partial charge is 0.490 e. The molecule has 3 N–H and O–H groups in total. The predicted molar refractivity (Wildman–Crippen MR) is 71.7 cm³/mol. The van der Waals surface area contributed by atoms with Gasteiger partial charge in [0, 0.05) is 18.3 Å². The van der Waals surface area contributed by atoms with Gasteiger partial charge in [0.05, 0.1) is 11.7 Å². The predicted octanol–water partition coefficient (Wildman–Crippen LogP) is 2.34. The van der Waals surface area contributed by atoms with E-state index in [2.05, 4.69) is 5.32 Å². The van der Waals surface area contributed by atoms with Crippen molar-refractivity contribution in [3.63, 3.8) is 0 Å². The first kappa shape index (κ1) is 12.7. The van der Waals surface area contributed by atoms with Crippen molar-refractivity contribution in [3.8, 4) is 5.75 Å². The first-order valence-corrected chi connectivity index (χ1v) is 6.55. The lowest BCUT2D eigenvalue weighted by atomic mass is 10.1. The third-order valence-electron chi connectivity index (χ3n) is 3.18. The third-order valence-corrected chi connectivity index (χ3v) is 3.18. The highest BCUT2D eigenvalue weighted by Crippen LogP contribution is 2.28. The summed E-state index contributed by atoms with van der Waals surface area (Å²) < 4.78 is 5.91. The Morgan fingerprint density at radius 3 is 2.83 bits per heavy atom. The summed E-state index contributed by atoms with van der Waals surface area (Å²) in [6, 6.07) is 5.19. The molecule has 18 heavy (non-hydrogen) atoms. The van der Waals surface area contributed by atoms with Crippen molar-refractivity contribution in [2.75, 3.05) is 12.3 Å². The summed E-state index contributed by atoms with van der Waals surface area (Å²) in [5.41, 5.74) is 6.95. The number of anilines is 1. The SMILES string of the molecule is CCNC(=O)c1ccc(N)cc1OC1CCCC1. The van der Waals surface area contributed by atoms with E-state index in [9.17, 15) is 4.79 Å². The first-order valence-electron chi connectivity index (χ1n) is 6.55. The molecule has 0 radical (unpaired) electrons. The smallest absolute Gasteiger partial charge is 0.255 e. The average Bonchev–Trinajstić information content (AvgIpc) is 2.82. The second-order valence-corrected chi connectivity index (χ2v) is 4.64. The molecule has 1 aromatic rings. The maximum Gasteiger partial charge on any atom is 0.255 e. The Bertz CT molecular complexity index is 426. The number of nitrogens with two attached hydrogens (primary N) is 1. The molecule has 1 aliphatic carbocycles. The van der Waals surface area contributed by atoms with Gasteiger partial charge in [0.2, 0.25) is 0 Å². The molecule has 1 saturated carbocycles. The van der Waals surface area contributed by atoms with Gasteiger partial charge in [-0.2, -0.15) is 0 Å². The number of amides is 1. The number of carbonyl (C=O) groups excluding carboxylic acids is 1. The van der Waals surface area contributed by atoms with Crippen LogP contribution in [0.15, 0.2) is 18.2 Å².